The van der Waals surface area contributed by atoms with Crippen molar-refractivity contribution in [3.05, 3.63) is 29.8 Å². The van der Waals surface area contributed by atoms with E-state index in [1.54, 1.807) is 7.11 Å². The topological polar surface area (TPSA) is 50.4 Å². The average Bonchev–Trinajstić information content (AvgIpc) is 2.54. The van der Waals surface area contributed by atoms with Gasteiger partial charge in [0, 0.05) is 12.5 Å². The molecule has 4 nitrogen and oxygen atoms in total. The van der Waals surface area contributed by atoms with Crippen molar-refractivity contribution >= 4 is 5.91 Å². The number of nitrogens with one attached hydrogen (secondary N) is 2. The summed E-state index contributed by atoms with van der Waals surface area (Å²) in [4.78, 5) is 12.1. The fourth-order valence-corrected chi connectivity index (χ4v) is 2.74. The highest BCUT2D eigenvalue weighted by atomic mass is 16.5. The van der Waals surface area contributed by atoms with Gasteiger partial charge in [-0.3, -0.25) is 4.79 Å². The van der Waals surface area contributed by atoms with Crippen LogP contribution in [-0.2, 0) is 11.2 Å². The minimum atomic E-state index is 0.194. The van der Waals surface area contributed by atoms with Crippen molar-refractivity contribution in [1.29, 1.82) is 0 Å². The van der Waals surface area contributed by atoms with Gasteiger partial charge in [0.1, 0.15) is 5.75 Å². The van der Waals surface area contributed by atoms with Crippen LogP contribution < -0.4 is 15.4 Å². The maximum Gasteiger partial charge on any atom is 0.223 e. The maximum absolute atomic E-state index is 12.1. The molecule has 0 spiro atoms. The van der Waals surface area contributed by atoms with Crippen molar-refractivity contribution in [3.8, 4) is 5.75 Å². The van der Waals surface area contributed by atoms with Gasteiger partial charge in [-0.2, -0.15) is 0 Å². The first-order valence-corrected chi connectivity index (χ1v) is 7.80. The predicted octanol–water partition coefficient (Wildman–Crippen LogP) is 1.99. The highest BCUT2D eigenvalue weighted by Gasteiger charge is 2.20. The molecule has 1 amide bonds. The average molecular weight is 290 g/mol. The summed E-state index contributed by atoms with van der Waals surface area (Å²) in [6, 6.07) is 8.14. The molecule has 4 heteroatoms. The molecule has 0 aliphatic carbocycles. The van der Waals surface area contributed by atoms with E-state index < -0.39 is 0 Å². The number of hydrogen-bond donors (Lipinski definition) is 2. The quantitative estimate of drug-likeness (QED) is 0.842. The number of hydrogen-bond acceptors (Lipinski definition) is 3. The van der Waals surface area contributed by atoms with Crippen LogP contribution in [0.15, 0.2) is 24.3 Å². The Hall–Kier alpha value is -1.55. The predicted molar refractivity (Wildman–Crippen MR) is 84.5 cm³/mol. The fraction of sp³-hybridized carbons (Fsp3) is 0.588. The Kier molecular flexibility index (Phi) is 6.05. The number of methoxy groups -OCH3 is 1. The van der Waals surface area contributed by atoms with Gasteiger partial charge < -0.3 is 15.4 Å². The van der Waals surface area contributed by atoms with Crippen molar-refractivity contribution in [1.82, 2.24) is 10.6 Å². The minimum absolute atomic E-state index is 0.194. The lowest BCUT2D eigenvalue weighted by Crippen LogP contribution is -2.39. The Morgan fingerprint density at radius 3 is 2.62 bits per heavy atom. The molecule has 0 bridgehead atoms. The van der Waals surface area contributed by atoms with Crippen LogP contribution in [0.3, 0.4) is 0 Å². The molecule has 1 aromatic carbocycles. The first-order chi connectivity index (χ1) is 10.2. The number of carbonyl (C=O) groups is 1. The van der Waals surface area contributed by atoms with Crippen LogP contribution in [0.2, 0.25) is 0 Å². The molecule has 1 saturated heterocycles. The summed E-state index contributed by atoms with van der Waals surface area (Å²) in [5.41, 5.74) is 1.28. The summed E-state index contributed by atoms with van der Waals surface area (Å²) >= 11 is 0. The second-order valence-corrected chi connectivity index (χ2v) is 5.93. The standard InChI is InChI=1S/C17H26N2O2/c1-13(11-14-3-5-16(21-2)6-4-14)12-19-17(20)15-7-9-18-10-8-15/h3-6,13,15,18H,7-12H2,1-2H3,(H,19,20). The molecule has 116 valence electrons. The van der Waals surface area contributed by atoms with E-state index >= 15 is 0 Å². The molecule has 0 radical (unpaired) electrons. The second kappa shape index (κ2) is 8.03. The summed E-state index contributed by atoms with van der Waals surface area (Å²) in [6.45, 7) is 4.83. The summed E-state index contributed by atoms with van der Waals surface area (Å²) in [5.74, 6) is 1.73. The summed E-state index contributed by atoms with van der Waals surface area (Å²) < 4.78 is 5.16. The van der Waals surface area contributed by atoms with E-state index in [2.05, 4.69) is 29.7 Å². The lowest BCUT2D eigenvalue weighted by molar-refractivity contribution is -0.125. The van der Waals surface area contributed by atoms with Gasteiger partial charge in [-0.25, -0.2) is 0 Å². The number of amides is 1. The van der Waals surface area contributed by atoms with E-state index in [1.165, 1.54) is 5.56 Å². The molecular formula is C17H26N2O2. The maximum atomic E-state index is 12.1. The van der Waals surface area contributed by atoms with Crippen LogP contribution in [0, 0.1) is 11.8 Å². The summed E-state index contributed by atoms with van der Waals surface area (Å²) in [6.07, 6.45) is 2.88. The molecule has 0 aromatic heterocycles. The van der Waals surface area contributed by atoms with Gasteiger partial charge in [0.25, 0.3) is 0 Å². The van der Waals surface area contributed by atoms with Crippen molar-refractivity contribution in [3.63, 3.8) is 0 Å². The third kappa shape index (κ3) is 5.05. The Labute approximate surface area is 127 Å². The Bertz CT molecular complexity index is 439. The largest absolute Gasteiger partial charge is 0.497 e. The molecule has 0 saturated carbocycles. The number of carbonyl (C=O) groups excluding carboxylic acids is 1. The molecule has 2 rings (SSSR count). The Balaban J connectivity index is 1.73. The van der Waals surface area contributed by atoms with Crippen LogP contribution in [0.1, 0.15) is 25.3 Å². The van der Waals surface area contributed by atoms with Crippen LogP contribution >= 0.6 is 0 Å². The molecule has 1 aromatic rings. The van der Waals surface area contributed by atoms with E-state index in [-0.39, 0.29) is 11.8 Å². The van der Waals surface area contributed by atoms with Crippen LogP contribution in [-0.4, -0.2) is 32.7 Å². The van der Waals surface area contributed by atoms with E-state index in [0.717, 1.165) is 44.6 Å². The minimum Gasteiger partial charge on any atom is -0.497 e. The first kappa shape index (κ1) is 15.8. The van der Waals surface area contributed by atoms with Crippen LogP contribution in [0.25, 0.3) is 0 Å². The number of benzene rings is 1. The number of piperidine rings is 1. The van der Waals surface area contributed by atoms with Crippen molar-refractivity contribution in [2.45, 2.75) is 26.2 Å². The zero-order chi connectivity index (χ0) is 15.1. The van der Waals surface area contributed by atoms with Gasteiger partial charge in [0.05, 0.1) is 7.11 Å². The fourth-order valence-electron chi connectivity index (χ4n) is 2.74. The molecule has 1 atom stereocenters. The van der Waals surface area contributed by atoms with Crippen molar-refractivity contribution in [2.75, 3.05) is 26.7 Å². The van der Waals surface area contributed by atoms with Crippen LogP contribution in [0.5, 0.6) is 5.75 Å². The molecule has 1 aliphatic heterocycles. The van der Waals surface area contributed by atoms with Gasteiger partial charge in [0.15, 0.2) is 0 Å². The summed E-state index contributed by atoms with van der Waals surface area (Å²) in [5, 5.41) is 6.39. The smallest absolute Gasteiger partial charge is 0.223 e. The second-order valence-electron chi connectivity index (χ2n) is 5.93. The third-order valence-electron chi connectivity index (χ3n) is 4.08. The molecule has 1 aliphatic rings. The SMILES string of the molecule is COc1ccc(CC(C)CNC(=O)C2CCNCC2)cc1. The van der Waals surface area contributed by atoms with Gasteiger partial charge in [0.2, 0.25) is 5.91 Å². The summed E-state index contributed by atoms with van der Waals surface area (Å²) in [7, 11) is 1.67. The van der Waals surface area contributed by atoms with Crippen LogP contribution in [0.4, 0.5) is 0 Å². The molecule has 2 N–H and O–H groups in total. The lowest BCUT2D eigenvalue weighted by atomic mass is 9.96. The van der Waals surface area contributed by atoms with Crippen molar-refractivity contribution in [2.24, 2.45) is 11.8 Å². The monoisotopic (exact) mass is 290 g/mol. The first-order valence-electron chi connectivity index (χ1n) is 7.80. The van der Waals surface area contributed by atoms with E-state index in [4.69, 9.17) is 4.74 Å². The lowest BCUT2D eigenvalue weighted by Gasteiger charge is -2.22. The van der Waals surface area contributed by atoms with Gasteiger partial charge in [-0.15, -0.1) is 0 Å². The van der Waals surface area contributed by atoms with Gasteiger partial charge in [-0.1, -0.05) is 19.1 Å². The highest BCUT2D eigenvalue weighted by molar-refractivity contribution is 5.78. The Morgan fingerprint density at radius 1 is 1.33 bits per heavy atom. The Morgan fingerprint density at radius 2 is 2.00 bits per heavy atom. The molecule has 1 heterocycles. The van der Waals surface area contributed by atoms with E-state index in [0.29, 0.717) is 5.92 Å². The normalized spacial score (nSPS) is 17.2. The molecular weight excluding hydrogens is 264 g/mol. The van der Waals surface area contributed by atoms with Gasteiger partial charge >= 0.3 is 0 Å². The molecule has 1 fully saturated rings. The number of rotatable bonds is 6. The molecule has 1 unspecified atom stereocenters. The van der Waals surface area contributed by atoms with E-state index in [9.17, 15) is 4.79 Å². The zero-order valence-corrected chi connectivity index (χ0v) is 13.0. The molecule has 21 heavy (non-hydrogen) atoms. The van der Waals surface area contributed by atoms with Gasteiger partial charge in [-0.05, 0) is 56.0 Å². The van der Waals surface area contributed by atoms with Crippen molar-refractivity contribution < 1.29 is 9.53 Å². The van der Waals surface area contributed by atoms with E-state index in [1.807, 2.05) is 12.1 Å². The third-order valence-corrected chi connectivity index (χ3v) is 4.08. The highest BCUT2D eigenvalue weighted by Crippen LogP contribution is 2.15. The number of ether oxygens (including phenoxy) is 1. The zero-order valence-electron chi connectivity index (χ0n) is 13.0.